The highest BCUT2D eigenvalue weighted by atomic mass is 32.1. The van der Waals surface area contributed by atoms with E-state index in [0.29, 0.717) is 0 Å². The van der Waals surface area contributed by atoms with Crippen LogP contribution in [0.2, 0.25) is 0 Å². The lowest BCUT2D eigenvalue weighted by Crippen LogP contribution is -1.75. The number of rotatable bonds is 1. The number of hydrogen-bond acceptors (Lipinski definition) is 2. The second kappa shape index (κ2) is 3.44. The summed E-state index contributed by atoms with van der Waals surface area (Å²) >= 11 is 6.71. The van der Waals surface area contributed by atoms with Gasteiger partial charge in [-0.15, -0.1) is 11.3 Å². The van der Waals surface area contributed by atoms with Gasteiger partial charge in [0.05, 0.1) is 4.88 Å². The van der Waals surface area contributed by atoms with Crippen LogP contribution in [-0.2, 0) is 0 Å². The Labute approximate surface area is 86.1 Å². The van der Waals surface area contributed by atoms with Crippen LogP contribution in [0.15, 0.2) is 30.3 Å². The molecule has 0 aliphatic carbocycles. The van der Waals surface area contributed by atoms with E-state index in [0.717, 1.165) is 9.65 Å². The first-order valence-electron chi connectivity index (χ1n) is 4.02. The standard InChI is InChI=1S/C10H9NS2/c1-7-9(13-10(12)11-7)8-5-3-2-4-6-8/h2-6H,1H3,(H,11,12). The van der Waals surface area contributed by atoms with Crippen molar-refractivity contribution in [2.45, 2.75) is 6.92 Å². The van der Waals surface area contributed by atoms with E-state index in [1.807, 2.05) is 18.2 Å². The van der Waals surface area contributed by atoms with Crippen molar-refractivity contribution in [1.82, 2.24) is 4.98 Å². The predicted molar refractivity (Wildman–Crippen MR) is 59.7 cm³/mol. The van der Waals surface area contributed by atoms with Crippen molar-refractivity contribution in [1.29, 1.82) is 0 Å². The monoisotopic (exact) mass is 207 g/mol. The zero-order chi connectivity index (χ0) is 9.26. The van der Waals surface area contributed by atoms with Gasteiger partial charge in [0.25, 0.3) is 0 Å². The minimum atomic E-state index is 0.844. The molecule has 2 rings (SSSR count). The number of nitrogens with one attached hydrogen (secondary N) is 1. The van der Waals surface area contributed by atoms with Gasteiger partial charge < -0.3 is 4.98 Å². The van der Waals surface area contributed by atoms with Crippen molar-refractivity contribution in [3.05, 3.63) is 40.0 Å². The van der Waals surface area contributed by atoms with E-state index >= 15 is 0 Å². The van der Waals surface area contributed by atoms with Gasteiger partial charge in [-0.25, -0.2) is 0 Å². The van der Waals surface area contributed by atoms with E-state index in [1.165, 1.54) is 10.4 Å². The maximum absolute atomic E-state index is 5.08. The first kappa shape index (κ1) is 8.66. The van der Waals surface area contributed by atoms with Gasteiger partial charge >= 0.3 is 0 Å². The average Bonchev–Trinajstić information content (AvgIpc) is 2.47. The number of benzene rings is 1. The normalized spacial score (nSPS) is 10.2. The van der Waals surface area contributed by atoms with Gasteiger partial charge in [-0.2, -0.15) is 0 Å². The van der Waals surface area contributed by atoms with Crippen LogP contribution in [0, 0.1) is 10.9 Å². The van der Waals surface area contributed by atoms with Gasteiger partial charge in [-0.1, -0.05) is 30.3 Å². The molecule has 0 amide bonds. The molecule has 0 saturated carbocycles. The summed E-state index contributed by atoms with van der Waals surface area (Å²) in [5.41, 5.74) is 2.39. The molecule has 3 heteroatoms. The Morgan fingerprint density at radius 3 is 2.46 bits per heavy atom. The summed E-state index contributed by atoms with van der Waals surface area (Å²) in [7, 11) is 0. The molecule has 0 aliphatic rings. The number of aromatic nitrogens is 1. The highest BCUT2D eigenvalue weighted by Crippen LogP contribution is 2.27. The fourth-order valence-electron chi connectivity index (χ4n) is 1.27. The van der Waals surface area contributed by atoms with Gasteiger partial charge in [0.2, 0.25) is 0 Å². The van der Waals surface area contributed by atoms with Crippen LogP contribution in [-0.4, -0.2) is 4.98 Å². The largest absolute Gasteiger partial charge is 0.341 e. The molecule has 0 saturated heterocycles. The second-order valence-electron chi connectivity index (χ2n) is 2.83. The van der Waals surface area contributed by atoms with Crippen LogP contribution in [0.25, 0.3) is 10.4 Å². The Bertz CT molecular complexity index is 453. The number of aromatic amines is 1. The molecule has 1 N–H and O–H groups in total. The molecule has 1 aromatic carbocycles. The maximum Gasteiger partial charge on any atom is 0.159 e. The third-order valence-electron chi connectivity index (χ3n) is 1.86. The number of aryl methyl sites for hydroxylation is 1. The van der Waals surface area contributed by atoms with E-state index < -0.39 is 0 Å². The zero-order valence-corrected chi connectivity index (χ0v) is 8.84. The Morgan fingerprint density at radius 2 is 1.92 bits per heavy atom. The van der Waals surface area contributed by atoms with Crippen LogP contribution in [0.3, 0.4) is 0 Å². The van der Waals surface area contributed by atoms with Gasteiger partial charge in [-0.3, -0.25) is 0 Å². The summed E-state index contributed by atoms with van der Waals surface area (Å²) in [5.74, 6) is 0. The van der Waals surface area contributed by atoms with Gasteiger partial charge in [-0.05, 0) is 24.7 Å². The number of hydrogen-bond donors (Lipinski definition) is 1. The molecule has 2 aromatic rings. The van der Waals surface area contributed by atoms with Crippen molar-refractivity contribution in [3.8, 4) is 10.4 Å². The quantitative estimate of drug-likeness (QED) is 0.704. The third-order valence-corrected chi connectivity index (χ3v) is 3.25. The first-order valence-corrected chi connectivity index (χ1v) is 5.25. The Balaban J connectivity index is 2.59. The lowest BCUT2D eigenvalue weighted by molar-refractivity contribution is 1.25. The molecule has 13 heavy (non-hydrogen) atoms. The zero-order valence-electron chi connectivity index (χ0n) is 7.20. The molecule has 1 heterocycles. The van der Waals surface area contributed by atoms with Crippen molar-refractivity contribution in [2.24, 2.45) is 0 Å². The fourth-order valence-corrected chi connectivity index (χ4v) is 2.52. The Hall–Kier alpha value is -0.930. The van der Waals surface area contributed by atoms with E-state index in [-0.39, 0.29) is 0 Å². The summed E-state index contributed by atoms with van der Waals surface area (Å²) < 4.78 is 0.844. The van der Waals surface area contributed by atoms with Crippen LogP contribution < -0.4 is 0 Å². The highest BCUT2D eigenvalue weighted by molar-refractivity contribution is 7.73. The average molecular weight is 207 g/mol. The molecule has 0 atom stereocenters. The molecule has 66 valence electrons. The minimum Gasteiger partial charge on any atom is -0.341 e. The van der Waals surface area contributed by atoms with E-state index in [2.05, 4.69) is 24.0 Å². The second-order valence-corrected chi connectivity index (χ2v) is 4.52. The molecule has 0 aliphatic heterocycles. The predicted octanol–water partition coefficient (Wildman–Crippen LogP) is 3.78. The molecule has 1 aromatic heterocycles. The van der Waals surface area contributed by atoms with Crippen molar-refractivity contribution >= 4 is 23.6 Å². The minimum absolute atomic E-state index is 0.844. The van der Waals surface area contributed by atoms with E-state index in [4.69, 9.17) is 12.2 Å². The SMILES string of the molecule is Cc1[nH]c(=S)sc1-c1ccccc1. The van der Waals surface area contributed by atoms with Crippen molar-refractivity contribution < 1.29 is 0 Å². The molecule has 0 spiro atoms. The molecule has 0 fully saturated rings. The third kappa shape index (κ3) is 1.71. The first-order chi connectivity index (χ1) is 6.27. The summed E-state index contributed by atoms with van der Waals surface area (Å²) in [6.45, 7) is 2.05. The summed E-state index contributed by atoms with van der Waals surface area (Å²) in [4.78, 5) is 4.38. The van der Waals surface area contributed by atoms with Gasteiger partial charge in [0.1, 0.15) is 0 Å². The Kier molecular flexibility index (Phi) is 2.29. The van der Waals surface area contributed by atoms with E-state index in [1.54, 1.807) is 11.3 Å². The number of H-pyrrole nitrogens is 1. The van der Waals surface area contributed by atoms with Gasteiger partial charge in [0.15, 0.2) is 3.95 Å². The highest BCUT2D eigenvalue weighted by Gasteiger charge is 2.03. The maximum atomic E-state index is 5.08. The number of thiazole rings is 1. The van der Waals surface area contributed by atoms with Crippen LogP contribution in [0.1, 0.15) is 5.69 Å². The molecule has 0 unspecified atom stereocenters. The molecule has 0 radical (unpaired) electrons. The molecular formula is C10H9NS2. The van der Waals surface area contributed by atoms with E-state index in [9.17, 15) is 0 Å². The van der Waals surface area contributed by atoms with Gasteiger partial charge in [0, 0.05) is 5.69 Å². The topological polar surface area (TPSA) is 15.8 Å². The summed E-state index contributed by atoms with van der Waals surface area (Å²) in [6.07, 6.45) is 0. The van der Waals surface area contributed by atoms with Crippen LogP contribution >= 0.6 is 23.6 Å². The Morgan fingerprint density at radius 1 is 1.23 bits per heavy atom. The molecular weight excluding hydrogens is 198 g/mol. The summed E-state index contributed by atoms with van der Waals surface area (Å²) in [6, 6.07) is 10.3. The van der Waals surface area contributed by atoms with Crippen molar-refractivity contribution in [2.75, 3.05) is 0 Å². The fraction of sp³-hybridized carbons (Fsp3) is 0.100. The molecule has 0 bridgehead atoms. The lowest BCUT2D eigenvalue weighted by atomic mass is 10.2. The van der Waals surface area contributed by atoms with Crippen LogP contribution in [0.4, 0.5) is 0 Å². The lowest BCUT2D eigenvalue weighted by Gasteiger charge is -1.96. The summed E-state index contributed by atoms with van der Waals surface area (Å²) in [5, 5.41) is 0. The van der Waals surface area contributed by atoms with Crippen molar-refractivity contribution in [3.63, 3.8) is 0 Å². The molecule has 1 nitrogen and oxygen atoms in total. The smallest absolute Gasteiger partial charge is 0.159 e. The van der Waals surface area contributed by atoms with Crippen LogP contribution in [0.5, 0.6) is 0 Å².